The van der Waals surface area contributed by atoms with Gasteiger partial charge < -0.3 is 9.84 Å². The highest BCUT2D eigenvalue weighted by atomic mass is 16.5. The average Bonchev–Trinajstić information content (AvgIpc) is 2.59. The van der Waals surface area contributed by atoms with Crippen LogP contribution in [0.25, 0.3) is 0 Å². The number of nitrogens with one attached hydrogen (secondary N) is 1. The fraction of sp³-hybridized carbons (Fsp3) is 0.176. The fourth-order valence-corrected chi connectivity index (χ4v) is 1.90. The highest BCUT2D eigenvalue weighted by Crippen LogP contribution is 2.14. The molecule has 5 nitrogen and oxygen atoms in total. The van der Waals surface area contributed by atoms with Gasteiger partial charge in [0.15, 0.2) is 6.10 Å². The van der Waals surface area contributed by atoms with Crippen molar-refractivity contribution in [2.75, 3.05) is 7.11 Å². The van der Waals surface area contributed by atoms with Crippen molar-refractivity contribution in [2.24, 2.45) is 5.10 Å². The van der Waals surface area contributed by atoms with E-state index in [1.807, 2.05) is 30.3 Å². The first-order chi connectivity index (χ1) is 10.6. The maximum atomic E-state index is 11.9. The van der Waals surface area contributed by atoms with Crippen LogP contribution in [-0.2, 0) is 4.79 Å². The van der Waals surface area contributed by atoms with Crippen molar-refractivity contribution >= 4 is 11.6 Å². The number of carbonyl (C=O) groups is 1. The number of hydrogen-bond donors (Lipinski definition) is 2. The van der Waals surface area contributed by atoms with Crippen LogP contribution in [0.1, 0.15) is 24.2 Å². The molecule has 2 aromatic rings. The van der Waals surface area contributed by atoms with Crippen LogP contribution < -0.4 is 10.2 Å². The van der Waals surface area contributed by atoms with E-state index in [1.54, 1.807) is 38.3 Å². The van der Waals surface area contributed by atoms with Crippen molar-refractivity contribution in [1.82, 2.24) is 5.43 Å². The SMILES string of the molecule is COc1cccc(/C(C)=N\NC(=O)[C@H](O)c2ccccc2)c1. The number of methoxy groups -OCH3 is 1. The molecule has 0 saturated carbocycles. The summed E-state index contributed by atoms with van der Waals surface area (Å²) in [7, 11) is 1.59. The molecule has 0 saturated heterocycles. The molecule has 2 N–H and O–H groups in total. The van der Waals surface area contributed by atoms with Gasteiger partial charge in [-0.15, -0.1) is 0 Å². The Morgan fingerprint density at radius 3 is 2.59 bits per heavy atom. The summed E-state index contributed by atoms with van der Waals surface area (Å²) < 4.78 is 5.14. The predicted molar refractivity (Wildman–Crippen MR) is 84.7 cm³/mol. The molecular formula is C17H18N2O3. The maximum Gasteiger partial charge on any atom is 0.273 e. The van der Waals surface area contributed by atoms with Crippen LogP contribution in [-0.4, -0.2) is 23.8 Å². The summed E-state index contributed by atoms with van der Waals surface area (Å²) >= 11 is 0. The fourth-order valence-electron chi connectivity index (χ4n) is 1.90. The minimum Gasteiger partial charge on any atom is -0.497 e. The summed E-state index contributed by atoms with van der Waals surface area (Å²) in [5, 5.41) is 14.0. The molecule has 0 aliphatic rings. The molecule has 114 valence electrons. The van der Waals surface area contributed by atoms with Gasteiger partial charge in [0.1, 0.15) is 5.75 Å². The summed E-state index contributed by atoms with van der Waals surface area (Å²) in [5.74, 6) is 0.135. The van der Waals surface area contributed by atoms with E-state index in [0.29, 0.717) is 17.0 Å². The van der Waals surface area contributed by atoms with Gasteiger partial charge in [-0.1, -0.05) is 42.5 Å². The van der Waals surface area contributed by atoms with Gasteiger partial charge in [-0.25, -0.2) is 5.43 Å². The lowest BCUT2D eigenvalue weighted by Gasteiger charge is -2.09. The van der Waals surface area contributed by atoms with E-state index in [2.05, 4.69) is 10.5 Å². The Balaban J connectivity index is 2.05. The van der Waals surface area contributed by atoms with Crippen molar-refractivity contribution in [3.63, 3.8) is 0 Å². The summed E-state index contributed by atoms with van der Waals surface area (Å²) in [4.78, 5) is 11.9. The second-order valence-electron chi connectivity index (χ2n) is 4.72. The van der Waals surface area contributed by atoms with Gasteiger partial charge in [-0.3, -0.25) is 4.79 Å². The molecule has 1 atom stereocenters. The van der Waals surface area contributed by atoms with Gasteiger partial charge >= 0.3 is 0 Å². The molecule has 0 aliphatic carbocycles. The van der Waals surface area contributed by atoms with Crippen molar-refractivity contribution in [1.29, 1.82) is 0 Å². The van der Waals surface area contributed by atoms with Gasteiger partial charge in [0.2, 0.25) is 0 Å². The highest BCUT2D eigenvalue weighted by molar-refractivity contribution is 5.99. The van der Waals surface area contributed by atoms with E-state index in [9.17, 15) is 9.90 Å². The molecule has 0 unspecified atom stereocenters. The van der Waals surface area contributed by atoms with Crippen LogP contribution in [0.15, 0.2) is 59.7 Å². The van der Waals surface area contributed by atoms with Gasteiger partial charge in [-0.2, -0.15) is 5.10 Å². The van der Waals surface area contributed by atoms with Crippen LogP contribution in [0, 0.1) is 0 Å². The molecule has 0 aromatic heterocycles. The summed E-state index contributed by atoms with van der Waals surface area (Å²) in [6.07, 6.45) is -1.25. The molecule has 0 aliphatic heterocycles. The van der Waals surface area contributed by atoms with E-state index in [0.717, 1.165) is 5.56 Å². The first-order valence-corrected chi connectivity index (χ1v) is 6.83. The lowest BCUT2D eigenvalue weighted by atomic mass is 10.1. The van der Waals surface area contributed by atoms with Crippen LogP contribution in [0.3, 0.4) is 0 Å². The molecule has 0 heterocycles. The minimum atomic E-state index is -1.25. The van der Waals surface area contributed by atoms with Gasteiger partial charge in [0.25, 0.3) is 5.91 Å². The second-order valence-corrected chi connectivity index (χ2v) is 4.72. The second kappa shape index (κ2) is 7.38. The standard InChI is InChI=1S/C17H18N2O3/c1-12(14-9-6-10-15(11-14)22-2)18-19-17(21)16(20)13-7-4-3-5-8-13/h3-11,16,20H,1-2H3,(H,19,21)/b18-12-/t16-/m1/s1. The van der Waals surface area contributed by atoms with E-state index in [4.69, 9.17) is 4.74 Å². The molecule has 2 aromatic carbocycles. The largest absolute Gasteiger partial charge is 0.497 e. The Hall–Kier alpha value is -2.66. The monoisotopic (exact) mass is 298 g/mol. The molecule has 22 heavy (non-hydrogen) atoms. The molecule has 0 spiro atoms. The summed E-state index contributed by atoms with van der Waals surface area (Å²) in [6.45, 7) is 1.77. The number of hydrazone groups is 1. The molecule has 5 heteroatoms. The third-order valence-corrected chi connectivity index (χ3v) is 3.18. The van der Waals surface area contributed by atoms with Gasteiger partial charge in [0, 0.05) is 5.56 Å². The van der Waals surface area contributed by atoms with Crippen LogP contribution in [0.2, 0.25) is 0 Å². The molecule has 0 bridgehead atoms. The Morgan fingerprint density at radius 1 is 1.18 bits per heavy atom. The zero-order valence-electron chi connectivity index (χ0n) is 12.5. The zero-order chi connectivity index (χ0) is 15.9. The summed E-state index contributed by atoms with van der Waals surface area (Å²) in [6, 6.07) is 16.1. The smallest absolute Gasteiger partial charge is 0.273 e. The molecule has 2 rings (SSSR count). The Morgan fingerprint density at radius 2 is 1.91 bits per heavy atom. The quantitative estimate of drug-likeness (QED) is 0.657. The number of nitrogens with zero attached hydrogens (tertiary/aromatic N) is 1. The first kappa shape index (κ1) is 15.7. The number of benzene rings is 2. The van der Waals surface area contributed by atoms with Crippen molar-refractivity contribution in [2.45, 2.75) is 13.0 Å². The third-order valence-electron chi connectivity index (χ3n) is 3.18. The normalized spacial score (nSPS) is 12.6. The van der Waals surface area contributed by atoms with E-state index in [-0.39, 0.29) is 0 Å². The number of rotatable bonds is 5. The first-order valence-electron chi connectivity index (χ1n) is 6.83. The van der Waals surface area contributed by atoms with Crippen molar-refractivity contribution < 1.29 is 14.6 Å². The third kappa shape index (κ3) is 3.93. The Bertz CT molecular complexity index is 669. The van der Waals surface area contributed by atoms with E-state index >= 15 is 0 Å². The zero-order valence-corrected chi connectivity index (χ0v) is 12.5. The van der Waals surface area contributed by atoms with Gasteiger partial charge in [0.05, 0.1) is 12.8 Å². The Labute approximate surface area is 129 Å². The van der Waals surface area contributed by atoms with Crippen LogP contribution in [0.5, 0.6) is 5.75 Å². The minimum absolute atomic E-state index is 0.522. The average molecular weight is 298 g/mol. The number of hydrogen-bond acceptors (Lipinski definition) is 4. The van der Waals surface area contributed by atoms with Crippen molar-refractivity contribution in [3.05, 3.63) is 65.7 Å². The number of carbonyl (C=O) groups excluding carboxylic acids is 1. The van der Waals surface area contributed by atoms with E-state index in [1.165, 1.54) is 0 Å². The van der Waals surface area contributed by atoms with Crippen LogP contribution >= 0.6 is 0 Å². The lowest BCUT2D eigenvalue weighted by Crippen LogP contribution is -2.26. The number of amides is 1. The van der Waals surface area contributed by atoms with Crippen molar-refractivity contribution in [3.8, 4) is 5.75 Å². The van der Waals surface area contributed by atoms with Crippen LogP contribution in [0.4, 0.5) is 0 Å². The van der Waals surface area contributed by atoms with Gasteiger partial charge in [-0.05, 0) is 24.6 Å². The summed E-state index contributed by atoms with van der Waals surface area (Å²) in [5.41, 5.74) is 4.34. The maximum absolute atomic E-state index is 11.9. The lowest BCUT2D eigenvalue weighted by molar-refractivity contribution is -0.129. The van der Waals surface area contributed by atoms with E-state index < -0.39 is 12.0 Å². The Kier molecular flexibility index (Phi) is 5.27. The molecule has 1 amide bonds. The number of aliphatic hydroxyl groups is 1. The molecular weight excluding hydrogens is 280 g/mol. The topological polar surface area (TPSA) is 70.9 Å². The number of aliphatic hydroxyl groups excluding tert-OH is 1. The number of ether oxygens (including phenoxy) is 1. The highest BCUT2D eigenvalue weighted by Gasteiger charge is 2.16. The predicted octanol–water partition coefficient (Wildman–Crippen LogP) is 2.27. The molecule has 0 radical (unpaired) electrons. The molecule has 0 fully saturated rings.